The molecule has 180 valence electrons. The van der Waals surface area contributed by atoms with Gasteiger partial charge in [-0.3, -0.25) is 0 Å². The van der Waals surface area contributed by atoms with Gasteiger partial charge in [-0.25, -0.2) is 15.0 Å². The average Bonchev–Trinajstić information content (AvgIpc) is 3.52. The number of nitrogens with zero attached hydrogens (tertiary/aromatic N) is 5. The van der Waals surface area contributed by atoms with E-state index in [0.717, 1.165) is 26.8 Å². The molecular weight excluding hydrogens is 510 g/mol. The van der Waals surface area contributed by atoms with Crippen LogP contribution in [-0.2, 0) is 0 Å². The van der Waals surface area contributed by atoms with Crippen LogP contribution in [0.3, 0.4) is 0 Å². The van der Waals surface area contributed by atoms with Gasteiger partial charge in [0.15, 0.2) is 0 Å². The molecule has 3 aliphatic carbocycles. The zero-order valence-corrected chi connectivity index (χ0v) is 20.7. The van der Waals surface area contributed by atoms with Gasteiger partial charge in [0.1, 0.15) is 29.7 Å². The number of nitroso groups, excluding NO2 is 1. The SMILES string of the molecule is CC1C=c2cc(Br)c(N)nc2=CC1C1C=CC2(C1)CC(n1ccc3c(N)ncnc31)C(N=O)C2O. The fourth-order valence-corrected chi connectivity index (χ4v) is 6.73. The van der Waals surface area contributed by atoms with Crippen LogP contribution in [0.15, 0.2) is 46.5 Å². The Morgan fingerprint density at radius 2 is 2.06 bits per heavy atom. The highest BCUT2D eigenvalue weighted by molar-refractivity contribution is 9.10. The molecule has 3 aromatic rings. The van der Waals surface area contributed by atoms with Gasteiger partial charge in [0, 0.05) is 11.6 Å². The summed E-state index contributed by atoms with van der Waals surface area (Å²) >= 11 is 3.46. The Morgan fingerprint density at radius 1 is 1.23 bits per heavy atom. The zero-order chi connectivity index (χ0) is 24.5. The molecule has 3 aliphatic rings. The molecule has 0 aliphatic heterocycles. The number of pyridine rings is 1. The summed E-state index contributed by atoms with van der Waals surface area (Å²) in [6.45, 7) is 2.20. The van der Waals surface area contributed by atoms with Crippen molar-refractivity contribution in [2.24, 2.45) is 28.3 Å². The highest BCUT2D eigenvalue weighted by Crippen LogP contribution is 2.55. The molecule has 9 nitrogen and oxygen atoms in total. The maximum atomic E-state index is 12.0. The number of fused-ring (bicyclic) bond motifs is 2. The molecule has 1 saturated carbocycles. The molecule has 0 bridgehead atoms. The summed E-state index contributed by atoms with van der Waals surface area (Å²) in [5.41, 5.74) is 12.2. The summed E-state index contributed by atoms with van der Waals surface area (Å²) in [6.07, 6.45) is 12.4. The van der Waals surface area contributed by atoms with Gasteiger partial charge in [0.2, 0.25) is 0 Å². The van der Waals surface area contributed by atoms with E-state index in [1.165, 1.54) is 6.33 Å². The summed E-state index contributed by atoms with van der Waals surface area (Å²) in [5.74, 6) is 1.55. The summed E-state index contributed by atoms with van der Waals surface area (Å²) < 4.78 is 2.71. The molecule has 0 amide bonds. The van der Waals surface area contributed by atoms with E-state index in [0.29, 0.717) is 23.7 Å². The minimum Gasteiger partial charge on any atom is -0.390 e. The van der Waals surface area contributed by atoms with Gasteiger partial charge in [-0.1, -0.05) is 36.4 Å². The Kier molecular flexibility index (Phi) is 5.08. The quantitative estimate of drug-likeness (QED) is 0.344. The van der Waals surface area contributed by atoms with Crippen molar-refractivity contribution in [3.8, 4) is 0 Å². The molecule has 7 unspecified atom stereocenters. The van der Waals surface area contributed by atoms with Crippen molar-refractivity contribution in [1.82, 2.24) is 19.5 Å². The summed E-state index contributed by atoms with van der Waals surface area (Å²) in [6, 6.07) is 2.75. The number of anilines is 2. The molecule has 6 rings (SSSR count). The third-order valence-corrected chi connectivity index (χ3v) is 8.80. The van der Waals surface area contributed by atoms with E-state index in [2.05, 4.69) is 67.3 Å². The van der Waals surface area contributed by atoms with Gasteiger partial charge in [-0.15, -0.1) is 0 Å². The Morgan fingerprint density at radius 3 is 2.86 bits per heavy atom. The molecule has 10 heteroatoms. The van der Waals surface area contributed by atoms with E-state index < -0.39 is 17.6 Å². The van der Waals surface area contributed by atoms with E-state index in [1.54, 1.807) is 0 Å². The minimum absolute atomic E-state index is 0.196. The lowest BCUT2D eigenvalue weighted by atomic mass is 9.74. The maximum Gasteiger partial charge on any atom is 0.145 e. The molecule has 0 saturated heterocycles. The highest BCUT2D eigenvalue weighted by Gasteiger charge is 2.56. The van der Waals surface area contributed by atoms with Crippen molar-refractivity contribution in [2.75, 3.05) is 11.5 Å². The third kappa shape index (κ3) is 3.34. The molecule has 35 heavy (non-hydrogen) atoms. The monoisotopic (exact) mass is 535 g/mol. The summed E-state index contributed by atoms with van der Waals surface area (Å²) in [4.78, 5) is 25.0. The van der Waals surface area contributed by atoms with Gasteiger partial charge < -0.3 is 21.1 Å². The fraction of sp³-hybridized carbons (Fsp3) is 0.400. The Hall–Kier alpha value is -3.11. The van der Waals surface area contributed by atoms with E-state index in [4.69, 9.17) is 11.5 Å². The number of aromatic nitrogens is 4. The van der Waals surface area contributed by atoms with Gasteiger partial charge in [0.05, 0.1) is 27.4 Å². The number of rotatable bonds is 3. The van der Waals surface area contributed by atoms with Gasteiger partial charge in [-0.05, 0) is 63.9 Å². The first kappa shape index (κ1) is 22.4. The van der Waals surface area contributed by atoms with Crippen LogP contribution >= 0.6 is 15.9 Å². The lowest BCUT2D eigenvalue weighted by Gasteiger charge is -2.31. The molecule has 0 aromatic carbocycles. The number of aliphatic hydroxyl groups is 1. The van der Waals surface area contributed by atoms with Crippen LogP contribution in [0, 0.1) is 28.1 Å². The fourth-order valence-electron chi connectivity index (χ4n) is 6.40. The molecule has 1 fully saturated rings. The number of hydrogen-bond acceptors (Lipinski definition) is 8. The predicted octanol–water partition coefficient (Wildman–Crippen LogP) is 2.28. The predicted molar refractivity (Wildman–Crippen MR) is 138 cm³/mol. The third-order valence-electron chi connectivity index (χ3n) is 8.16. The number of nitrogen functional groups attached to an aromatic ring is 2. The van der Waals surface area contributed by atoms with E-state index >= 15 is 0 Å². The van der Waals surface area contributed by atoms with Crippen molar-refractivity contribution in [1.29, 1.82) is 0 Å². The summed E-state index contributed by atoms with van der Waals surface area (Å²) in [5, 5.41) is 17.4. The molecule has 7 atom stereocenters. The Labute approximate surface area is 209 Å². The van der Waals surface area contributed by atoms with Crippen molar-refractivity contribution >= 4 is 50.8 Å². The second-order valence-electron chi connectivity index (χ2n) is 10.1. The van der Waals surface area contributed by atoms with Gasteiger partial charge in [-0.2, -0.15) is 4.91 Å². The summed E-state index contributed by atoms with van der Waals surface area (Å²) in [7, 11) is 0. The average molecular weight is 536 g/mol. The van der Waals surface area contributed by atoms with Crippen LogP contribution in [0.5, 0.6) is 0 Å². The topological polar surface area (TPSA) is 145 Å². The molecule has 3 aromatic heterocycles. The van der Waals surface area contributed by atoms with Gasteiger partial charge >= 0.3 is 0 Å². The van der Waals surface area contributed by atoms with Crippen molar-refractivity contribution in [3.63, 3.8) is 0 Å². The maximum absolute atomic E-state index is 12.0. The van der Waals surface area contributed by atoms with Crippen LogP contribution in [0.4, 0.5) is 11.6 Å². The van der Waals surface area contributed by atoms with Crippen LogP contribution in [0.25, 0.3) is 23.2 Å². The first-order chi connectivity index (χ1) is 16.8. The zero-order valence-electron chi connectivity index (χ0n) is 19.1. The minimum atomic E-state index is -0.886. The van der Waals surface area contributed by atoms with Crippen LogP contribution in [0.1, 0.15) is 25.8 Å². The molecule has 5 N–H and O–H groups in total. The van der Waals surface area contributed by atoms with E-state index in [9.17, 15) is 10.0 Å². The van der Waals surface area contributed by atoms with Gasteiger partial charge in [0.25, 0.3) is 0 Å². The number of allylic oxidation sites excluding steroid dienone is 1. The van der Waals surface area contributed by atoms with E-state index in [-0.39, 0.29) is 23.8 Å². The first-order valence-electron chi connectivity index (χ1n) is 11.7. The largest absolute Gasteiger partial charge is 0.390 e. The second kappa shape index (κ2) is 7.96. The molecule has 1 spiro atoms. The Balaban J connectivity index is 1.32. The normalized spacial score (nSPS) is 33.6. The van der Waals surface area contributed by atoms with Crippen molar-refractivity contribution < 1.29 is 5.11 Å². The first-order valence-corrected chi connectivity index (χ1v) is 12.5. The number of hydrogen-bond donors (Lipinski definition) is 3. The van der Waals surface area contributed by atoms with Crippen LogP contribution in [-0.4, -0.2) is 36.8 Å². The number of nitrogens with two attached hydrogens (primary N) is 2. The lowest BCUT2D eigenvalue weighted by Crippen LogP contribution is -2.38. The van der Waals surface area contributed by atoms with Crippen LogP contribution in [0.2, 0.25) is 0 Å². The van der Waals surface area contributed by atoms with Crippen molar-refractivity contribution in [3.05, 3.63) is 56.8 Å². The number of aliphatic hydroxyl groups excluding tert-OH is 1. The molecule has 3 heterocycles. The molecule has 0 radical (unpaired) electrons. The highest BCUT2D eigenvalue weighted by atomic mass is 79.9. The Bertz CT molecular complexity index is 1500. The standard InChI is InChI=1S/C25H26BrN7O2/c1-12-6-14-7-17(26)23(28)31-18(14)8-16(12)13-2-4-25(9-13)10-19(20(32-35)21(25)34)33-5-3-15-22(27)29-11-30-24(15)33/h2-8,11-13,16,19-21,34H,9-10H2,1H3,(H2,28,31)(H2,27,29,30). The second-order valence-corrected chi connectivity index (χ2v) is 10.9. The van der Waals surface area contributed by atoms with Crippen LogP contribution < -0.4 is 22.0 Å². The lowest BCUT2D eigenvalue weighted by molar-refractivity contribution is 0.0656. The number of halogens is 1. The smallest absolute Gasteiger partial charge is 0.145 e. The van der Waals surface area contributed by atoms with Crippen molar-refractivity contribution in [2.45, 2.75) is 38.0 Å². The molecular formula is C25H26BrN7O2. The van der Waals surface area contributed by atoms with E-state index in [1.807, 2.05) is 22.9 Å².